The predicted octanol–water partition coefficient (Wildman–Crippen LogP) is 3.01. The maximum absolute atomic E-state index is 12.7. The summed E-state index contributed by atoms with van der Waals surface area (Å²) in [5.74, 6) is 1.19. The number of carbonyl (C=O) groups is 2. The van der Waals surface area contributed by atoms with Crippen LogP contribution in [0.15, 0.2) is 28.9 Å². The molecule has 4 rings (SSSR count). The molecule has 0 bridgehead atoms. The third-order valence-corrected chi connectivity index (χ3v) is 5.49. The van der Waals surface area contributed by atoms with Gasteiger partial charge in [-0.25, -0.2) is 4.68 Å². The van der Waals surface area contributed by atoms with Gasteiger partial charge in [-0.15, -0.1) is 0 Å². The minimum absolute atomic E-state index is 0.0110. The van der Waals surface area contributed by atoms with Crippen LogP contribution in [0.3, 0.4) is 0 Å². The molecule has 0 radical (unpaired) electrons. The van der Waals surface area contributed by atoms with E-state index in [-0.39, 0.29) is 23.8 Å². The Balaban J connectivity index is 1.62. The number of nitrogens with zero attached hydrogens (tertiary/aromatic N) is 2. The molecule has 2 fully saturated rings. The SMILES string of the molecule is CCCC1CC(=O)NC(n2nc(-c3ccco3)cc2NC(=O)C2CCCC2)N1. The van der Waals surface area contributed by atoms with Crippen LogP contribution in [0, 0.1) is 5.92 Å². The van der Waals surface area contributed by atoms with Crippen molar-refractivity contribution in [3.63, 3.8) is 0 Å². The monoisotopic (exact) mass is 385 g/mol. The molecule has 2 aromatic heterocycles. The summed E-state index contributed by atoms with van der Waals surface area (Å²) >= 11 is 0. The lowest BCUT2D eigenvalue weighted by Crippen LogP contribution is -2.53. The summed E-state index contributed by atoms with van der Waals surface area (Å²) in [6.07, 6.45) is 7.43. The van der Waals surface area contributed by atoms with Crippen LogP contribution in [0.25, 0.3) is 11.5 Å². The highest BCUT2D eigenvalue weighted by Gasteiger charge is 2.30. The Morgan fingerprint density at radius 2 is 2.21 bits per heavy atom. The largest absolute Gasteiger partial charge is 0.463 e. The van der Waals surface area contributed by atoms with Crippen molar-refractivity contribution >= 4 is 17.6 Å². The van der Waals surface area contributed by atoms with Gasteiger partial charge < -0.3 is 15.1 Å². The van der Waals surface area contributed by atoms with Crippen molar-refractivity contribution in [3.8, 4) is 11.5 Å². The number of amides is 2. The molecular weight excluding hydrogens is 358 g/mol. The molecule has 1 aliphatic carbocycles. The number of furan rings is 1. The van der Waals surface area contributed by atoms with E-state index in [0.29, 0.717) is 23.7 Å². The average molecular weight is 385 g/mol. The quantitative estimate of drug-likeness (QED) is 0.710. The van der Waals surface area contributed by atoms with Gasteiger partial charge in [-0.1, -0.05) is 26.2 Å². The third-order valence-electron chi connectivity index (χ3n) is 5.49. The molecule has 1 aliphatic heterocycles. The van der Waals surface area contributed by atoms with Crippen molar-refractivity contribution in [3.05, 3.63) is 24.5 Å². The van der Waals surface area contributed by atoms with Gasteiger partial charge in [0.1, 0.15) is 11.5 Å². The molecule has 2 aromatic rings. The maximum atomic E-state index is 12.7. The van der Waals surface area contributed by atoms with Gasteiger partial charge in [-0.05, 0) is 31.4 Å². The van der Waals surface area contributed by atoms with Crippen molar-refractivity contribution in [2.24, 2.45) is 5.92 Å². The summed E-state index contributed by atoms with van der Waals surface area (Å²) in [7, 11) is 0. The van der Waals surface area contributed by atoms with E-state index < -0.39 is 6.29 Å². The van der Waals surface area contributed by atoms with Gasteiger partial charge >= 0.3 is 0 Å². The van der Waals surface area contributed by atoms with Gasteiger partial charge in [-0.2, -0.15) is 5.10 Å². The molecule has 3 heterocycles. The first-order chi connectivity index (χ1) is 13.6. The molecule has 3 N–H and O–H groups in total. The van der Waals surface area contributed by atoms with Crippen molar-refractivity contribution < 1.29 is 14.0 Å². The van der Waals surface area contributed by atoms with E-state index in [4.69, 9.17) is 4.42 Å². The maximum Gasteiger partial charge on any atom is 0.228 e. The van der Waals surface area contributed by atoms with E-state index >= 15 is 0 Å². The van der Waals surface area contributed by atoms with E-state index in [1.54, 1.807) is 23.1 Å². The van der Waals surface area contributed by atoms with Crippen molar-refractivity contribution in [1.29, 1.82) is 0 Å². The molecule has 2 atom stereocenters. The first-order valence-electron chi connectivity index (χ1n) is 10.1. The fourth-order valence-corrected chi connectivity index (χ4v) is 4.07. The lowest BCUT2D eigenvalue weighted by atomic mass is 10.1. The van der Waals surface area contributed by atoms with Crippen molar-refractivity contribution in [2.45, 2.75) is 64.2 Å². The molecule has 2 unspecified atom stereocenters. The van der Waals surface area contributed by atoms with Crippen LogP contribution in [-0.4, -0.2) is 27.6 Å². The van der Waals surface area contributed by atoms with Gasteiger partial charge in [0.15, 0.2) is 12.0 Å². The summed E-state index contributed by atoms with van der Waals surface area (Å²) in [5, 5.41) is 14.0. The summed E-state index contributed by atoms with van der Waals surface area (Å²) in [6.45, 7) is 2.10. The fraction of sp³-hybridized carbons (Fsp3) is 0.550. The fourth-order valence-electron chi connectivity index (χ4n) is 4.07. The van der Waals surface area contributed by atoms with Gasteiger partial charge in [-0.3, -0.25) is 14.9 Å². The predicted molar refractivity (Wildman–Crippen MR) is 104 cm³/mol. The molecule has 150 valence electrons. The van der Waals surface area contributed by atoms with Crippen LogP contribution in [0.5, 0.6) is 0 Å². The molecular formula is C20H27N5O3. The first-order valence-corrected chi connectivity index (χ1v) is 10.1. The van der Waals surface area contributed by atoms with E-state index in [1.807, 2.05) is 6.07 Å². The zero-order chi connectivity index (χ0) is 19.5. The number of hydrogen-bond acceptors (Lipinski definition) is 5. The Morgan fingerprint density at radius 3 is 2.93 bits per heavy atom. The zero-order valence-electron chi connectivity index (χ0n) is 16.1. The van der Waals surface area contributed by atoms with Crippen LogP contribution < -0.4 is 16.0 Å². The van der Waals surface area contributed by atoms with Crippen molar-refractivity contribution in [1.82, 2.24) is 20.4 Å². The Kier molecular flexibility index (Phi) is 5.47. The molecule has 8 heteroatoms. The minimum atomic E-state index is -0.514. The van der Waals surface area contributed by atoms with Gasteiger partial charge in [0, 0.05) is 24.4 Å². The summed E-state index contributed by atoms with van der Waals surface area (Å²) in [6, 6.07) is 5.49. The lowest BCUT2D eigenvalue weighted by molar-refractivity contribution is -0.125. The second-order valence-corrected chi connectivity index (χ2v) is 7.63. The standard InChI is InChI=1S/C20H27N5O3/c1-2-6-14-11-18(26)23-20(21-14)25-17(22-19(27)13-7-3-4-8-13)12-15(24-25)16-9-5-10-28-16/h5,9-10,12-14,20-21H,2-4,6-8,11H2,1H3,(H,22,27)(H,23,26). The van der Waals surface area contributed by atoms with Gasteiger partial charge in [0.25, 0.3) is 0 Å². The zero-order valence-corrected chi connectivity index (χ0v) is 16.1. The number of anilines is 1. The summed E-state index contributed by atoms with van der Waals surface area (Å²) < 4.78 is 7.11. The van der Waals surface area contributed by atoms with Gasteiger partial charge in [0.05, 0.1) is 6.26 Å². The van der Waals surface area contributed by atoms with Gasteiger partial charge in [0.2, 0.25) is 11.8 Å². The smallest absolute Gasteiger partial charge is 0.228 e. The minimum Gasteiger partial charge on any atom is -0.463 e. The molecule has 1 saturated heterocycles. The number of nitrogens with one attached hydrogen (secondary N) is 3. The molecule has 1 saturated carbocycles. The van der Waals surface area contributed by atoms with E-state index in [0.717, 1.165) is 38.5 Å². The highest BCUT2D eigenvalue weighted by Crippen LogP contribution is 2.29. The molecule has 28 heavy (non-hydrogen) atoms. The Morgan fingerprint density at radius 1 is 1.39 bits per heavy atom. The highest BCUT2D eigenvalue weighted by molar-refractivity contribution is 5.92. The topological polar surface area (TPSA) is 101 Å². The Labute approximate surface area is 164 Å². The van der Waals surface area contributed by atoms with E-state index in [2.05, 4.69) is 28.0 Å². The normalized spacial score (nSPS) is 23.0. The third kappa shape index (κ3) is 3.96. The molecule has 0 spiro atoms. The van der Waals surface area contributed by atoms with Crippen LogP contribution in [0.4, 0.5) is 5.82 Å². The van der Waals surface area contributed by atoms with E-state index in [1.165, 1.54) is 0 Å². The number of aromatic nitrogens is 2. The van der Waals surface area contributed by atoms with Crippen LogP contribution >= 0.6 is 0 Å². The molecule has 2 amide bonds. The molecule has 2 aliphatic rings. The number of carbonyl (C=O) groups excluding carboxylic acids is 2. The summed E-state index contributed by atoms with van der Waals surface area (Å²) in [4.78, 5) is 24.9. The lowest BCUT2D eigenvalue weighted by Gasteiger charge is -2.32. The number of rotatable bonds is 6. The van der Waals surface area contributed by atoms with Crippen LogP contribution in [-0.2, 0) is 9.59 Å². The number of hydrogen-bond donors (Lipinski definition) is 3. The van der Waals surface area contributed by atoms with E-state index in [9.17, 15) is 9.59 Å². The molecule has 8 nitrogen and oxygen atoms in total. The van der Waals surface area contributed by atoms with Crippen LogP contribution in [0.2, 0.25) is 0 Å². The Hall–Kier alpha value is -2.61. The highest BCUT2D eigenvalue weighted by atomic mass is 16.3. The van der Waals surface area contributed by atoms with Crippen LogP contribution in [0.1, 0.15) is 58.2 Å². The average Bonchev–Trinajstić information content (AvgIpc) is 3.42. The second kappa shape index (κ2) is 8.18. The first kappa shape index (κ1) is 18.7. The Bertz CT molecular complexity index is 823. The van der Waals surface area contributed by atoms with Crippen molar-refractivity contribution in [2.75, 3.05) is 5.32 Å². The second-order valence-electron chi connectivity index (χ2n) is 7.63. The molecule has 0 aromatic carbocycles. The summed E-state index contributed by atoms with van der Waals surface area (Å²) in [5.41, 5.74) is 0.611.